The van der Waals surface area contributed by atoms with E-state index in [1.54, 1.807) is 6.07 Å². The first-order valence-electron chi connectivity index (χ1n) is 8.42. The Kier molecular flexibility index (Phi) is 5.80. The van der Waals surface area contributed by atoms with Crippen molar-refractivity contribution in [2.75, 3.05) is 16.0 Å². The van der Waals surface area contributed by atoms with Gasteiger partial charge in [-0.2, -0.15) is 4.98 Å². The van der Waals surface area contributed by atoms with E-state index in [0.717, 1.165) is 6.20 Å². The molecule has 0 fully saturated rings. The van der Waals surface area contributed by atoms with Crippen LogP contribution in [0.5, 0.6) is 5.75 Å². The molecule has 30 heavy (non-hydrogen) atoms. The third kappa shape index (κ3) is 5.18. The molecule has 0 atom stereocenters. The van der Waals surface area contributed by atoms with E-state index in [2.05, 4.69) is 25.9 Å². The largest absolute Gasteiger partial charge is 0.506 e. The molecule has 0 aliphatic heterocycles. The Morgan fingerprint density at radius 2 is 1.87 bits per heavy atom. The zero-order valence-electron chi connectivity index (χ0n) is 15.5. The van der Waals surface area contributed by atoms with Gasteiger partial charge in [-0.3, -0.25) is 4.79 Å². The number of nitrogens with one attached hydrogen (secondary N) is 3. The number of carbonyl (C=O) groups excluding carboxylic acids is 1. The molecule has 0 saturated heterocycles. The summed E-state index contributed by atoms with van der Waals surface area (Å²) < 4.78 is 37.1. The normalized spacial score (nSPS) is 11.0. The van der Waals surface area contributed by atoms with E-state index in [4.69, 9.17) is 5.14 Å². The van der Waals surface area contributed by atoms with Crippen molar-refractivity contribution in [3.8, 4) is 5.75 Å². The number of phenols is 1. The third-order valence-corrected chi connectivity index (χ3v) is 4.64. The predicted molar refractivity (Wildman–Crippen MR) is 109 cm³/mol. The Labute approximate surface area is 171 Å². The number of halogens is 1. The van der Waals surface area contributed by atoms with Crippen LogP contribution in [0.3, 0.4) is 0 Å². The number of aromatic hydroxyl groups is 1. The molecule has 0 bridgehead atoms. The van der Waals surface area contributed by atoms with Crippen LogP contribution in [0.15, 0.2) is 53.6 Å². The first-order chi connectivity index (χ1) is 14.1. The van der Waals surface area contributed by atoms with E-state index in [1.807, 2.05) is 0 Å². The number of hydrogen-bond acceptors (Lipinski definition) is 8. The van der Waals surface area contributed by atoms with Crippen LogP contribution in [-0.2, 0) is 14.8 Å². The fourth-order valence-electron chi connectivity index (χ4n) is 2.44. The van der Waals surface area contributed by atoms with Crippen LogP contribution < -0.4 is 21.1 Å². The van der Waals surface area contributed by atoms with Crippen LogP contribution >= 0.6 is 0 Å². The maximum Gasteiger partial charge on any atom is 0.238 e. The molecule has 0 unspecified atom stereocenters. The summed E-state index contributed by atoms with van der Waals surface area (Å²) in [7, 11) is -3.89. The summed E-state index contributed by atoms with van der Waals surface area (Å²) in [5.41, 5.74) is 0.813. The average Bonchev–Trinajstić information content (AvgIpc) is 2.66. The second kappa shape index (κ2) is 8.31. The zero-order valence-corrected chi connectivity index (χ0v) is 16.4. The number of primary sulfonamides is 1. The molecule has 0 aliphatic carbocycles. The highest BCUT2D eigenvalue weighted by Crippen LogP contribution is 2.29. The highest BCUT2D eigenvalue weighted by atomic mass is 32.2. The summed E-state index contributed by atoms with van der Waals surface area (Å²) >= 11 is 0. The van der Waals surface area contributed by atoms with Crippen molar-refractivity contribution in [2.24, 2.45) is 5.14 Å². The van der Waals surface area contributed by atoms with E-state index < -0.39 is 15.8 Å². The van der Waals surface area contributed by atoms with Crippen molar-refractivity contribution in [3.63, 3.8) is 0 Å². The van der Waals surface area contributed by atoms with Crippen molar-refractivity contribution in [1.82, 2.24) is 9.97 Å². The summed E-state index contributed by atoms with van der Waals surface area (Å²) in [6.45, 7) is 1.28. The number of benzene rings is 2. The van der Waals surface area contributed by atoms with Crippen molar-refractivity contribution < 1.29 is 22.7 Å². The molecule has 0 saturated carbocycles. The smallest absolute Gasteiger partial charge is 0.238 e. The molecule has 156 valence electrons. The molecule has 12 heteroatoms. The summed E-state index contributed by atoms with van der Waals surface area (Å²) in [5.74, 6) is -1.49. The number of hydrogen-bond donors (Lipinski definition) is 5. The fourth-order valence-corrected chi connectivity index (χ4v) is 2.99. The number of nitrogens with two attached hydrogens (primary N) is 1. The molecule has 2 aromatic carbocycles. The lowest BCUT2D eigenvalue weighted by molar-refractivity contribution is -0.114. The monoisotopic (exact) mass is 432 g/mol. The van der Waals surface area contributed by atoms with Gasteiger partial charge in [0.15, 0.2) is 11.6 Å². The van der Waals surface area contributed by atoms with Gasteiger partial charge in [-0.1, -0.05) is 6.07 Å². The molecular weight excluding hydrogens is 415 g/mol. The molecule has 1 amide bonds. The summed E-state index contributed by atoms with van der Waals surface area (Å²) in [6.07, 6.45) is 0.927. The highest BCUT2D eigenvalue weighted by molar-refractivity contribution is 7.89. The van der Waals surface area contributed by atoms with Crippen LogP contribution in [0.2, 0.25) is 0 Å². The highest BCUT2D eigenvalue weighted by Gasteiger charge is 2.12. The lowest BCUT2D eigenvalue weighted by Crippen LogP contribution is -2.12. The number of rotatable bonds is 6. The minimum absolute atomic E-state index is 0.00803. The average molecular weight is 432 g/mol. The lowest BCUT2D eigenvalue weighted by atomic mass is 10.2. The van der Waals surface area contributed by atoms with Gasteiger partial charge < -0.3 is 21.1 Å². The van der Waals surface area contributed by atoms with Gasteiger partial charge >= 0.3 is 0 Å². The van der Waals surface area contributed by atoms with Gasteiger partial charge in [-0.05, 0) is 36.4 Å². The van der Waals surface area contributed by atoms with Crippen molar-refractivity contribution in [3.05, 3.63) is 54.5 Å². The fraction of sp³-hybridized carbons (Fsp3) is 0.0556. The van der Waals surface area contributed by atoms with Gasteiger partial charge in [0.1, 0.15) is 5.75 Å². The van der Waals surface area contributed by atoms with Crippen LogP contribution in [0.1, 0.15) is 6.92 Å². The second-order valence-corrected chi connectivity index (χ2v) is 7.69. The first kappa shape index (κ1) is 21.0. The number of carbonyl (C=O) groups is 1. The molecular formula is C18H17FN6O4S. The summed E-state index contributed by atoms with van der Waals surface area (Å²) in [5, 5.41) is 22.8. The summed E-state index contributed by atoms with van der Waals surface area (Å²) in [6, 6.07) is 9.85. The van der Waals surface area contributed by atoms with E-state index in [9.17, 15) is 22.7 Å². The Balaban J connectivity index is 1.85. The first-order valence-corrected chi connectivity index (χ1v) is 9.96. The minimum Gasteiger partial charge on any atom is -0.506 e. The van der Waals surface area contributed by atoms with Gasteiger partial charge in [0.25, 0.3) is 0 Å². The van der Waals surface area contributed by atoms with Gasteiger partial charge in [0.2, 0.25) is 21.9 Å². The predicted octanol–water partition coefficient (Wildman–Crippen LogP) is 2.41. The van der Waals surface area contributed by atoms with Crippen molar-refractivity contribution in [2.45, 2.75) is 11.8 Å². The van der Waals surface area contributed by atoms with Gasteiger partial charge in [-0.15, -0.1) is 0 Å². The number of sulfonamides is 1. The van der Waals surface area contributed by atoms with Crippen LogP contribution in [-0.4, -0.2) is 29.4 Å². The van der Waals surface area contributed by atoms with E-state index >= 15 is 0 Å². The maximum absolute atomic E-state index is 14.2. The number of aromatic nitrogens is 2. The SMILES string of the molecule is CC(=O)Nc1cc(Nc2nc(Nc3cccc(S(N)(=O)=O)c3)ncc2F)ccc1O. The molecule has 0 spiro atoms. The van der Waals surface area contributed by atoms with Gasteiger partial charge in [0, 0.05) is 18.3 Å². The van der Waals surface area contributed by atoms with Crippen molar-refractivity contribution >= 4 is 44.8 Å². The molecule has 1 aromatic heterocycles. The van der Waals surface area contributed by atoms with E-state index in [0.29, 0.717) is 11.4 Å². The Bertz CT molecular complexity index is 1220. The molecule has 0 radical (unpaired) electrons. The van der Waals surface area contributed by atoms with Gasteiger partial charge in [-0.25, -0.2) is 22.9 Å². The summed E-state index contributed by atoms with van der Waals surface area (Å²) in [4.78, 5) is 19.0. The Morgan fingerprint density at radius 3 is 2.57 bits per heavy atom. The number of phenolic OH excluding ortho intramolecular Hbond substituents is 1. The number of nitrogens with zero attached hydrogens (tertiary/aromatic N) is 2. The van der Waals surface area contributed by atoms with Crippen LogP contribution in [0.25, 0.3) is 0 Å². The molecule has 10 nitrogen and oxygen atoms in total. The van der Waals surface area contributed by atoms with E-state index in [-0.39, 0.29) is 34.0 Å². The standard InChI is InChI=1S/C18H17FN6O4S/c1-10(26)22-15-8-12(5-6-16(15)27)23-17-14(19)9-21-18(25-17)24-11-3-2-4-13(7-11)30(20,28)29/h2-9,27H,1H3,(H,22,26)(H2,20,28,29)(H2,21,23,24,25). The zero-order chi connectivity index (χ0) is 21.9. The lowest BCUT2D eigenvalue weighted by Gasteiger charge is -2.12. The quantitative estimate of drug-likeness (QED) is 0.293. The van der Waals surface area contributed by atoms with E-state index in [1.165, 1.54) is 43.3 Å². The molecule has 6 N–H and O–H groups in total. The molecule has 0 aliphatic rings. The second-order valence-electron chi connectivity index (χ2n) is 6.13. The van der Waals surface area contributed by atoms with Gasteiger partial charge in [0.05, 0.1) is 16.8 Å². The topological polar surface area (TPSA) is 159 Å². The Morgan fingerprint density at radius 1 is 1.13 bits per heavy atom. The minimum atomic E-state index is -3.89. The van der Waals surface area contributed by atoms with Crippen LogP contribution in [0, 0.1) is 5.82 Å². The maximum atomic E-state index is 14.2. The molecule has 3 aromatic rings. The number of amides is 1. The van der Waals surface area contributed by atoms with Crippen molar-refractivity contribution in [1.29, 1.82) is 0 Å². The third-order valence-electron chi connectivity index (χ3n) is 3.73. The molecule has 1 heterocycles. The Hall–Kier alpha value is -3.77. The van der Waals surface area contributed by atoms with Crippen LogP contribution in [0.4, 0.5) is 33.2 Å². The molecule has 3 rings (SSSR count). The number of anilines is 5.